The molecule has 0 aliphatic carbocycles. The van der Waals surface area contributed by atoms with Crippen molar-refractivity contribution in [3.05, 3.63) is 23.8 Å². The van der Waals surface area contributed by atoms with Crippen molar-refractivity contribution < 1.29 is 9.59 Å². The first-order chi connectivity index (χ1) is 8.82. The van der Waals surface area contributed by atoms with Crippen LogP contribution in [-0.2, 0) is 4.79 Å². The lowest BCUT2D eigenvalue weighted by Gasteiger charge is -2.18. The van der Waals surface area contributed by atoms with Gasteiger partial charge >= 0.3 is 0 Å². The fraction of sp³-hybridized carbons (Fsp3) is 0.385. The number of hydrogen-bond acceptors (Lipinski definition) is 4. The minimum Gasteiger partial charge on any atom is -0.399 e. The molecule has 0 spiro atoms. The summed E-state index contributed by atoms with van der Waals surface area (Å²) >= 11 is 0. The molecule has 6 heteroatoms. The number of likely N-dealkylation sites (N-methyl/N-ethyl adjacent to an activating group) is 1. The molecule has 104 valence electrons. The molecule has 2 amide bonds. The van der Waals surface area contributed by atoms with Gasteiger partial charge in [0, 0.05) is 39.6 Å². The zero-order valence-corrected chi connectivity index (χ0v) is 11.7. The topological polar surface area (TPSA) is 78.7 Å². The Balaban J connectivity index is 2.87. The quantitative estimate of drug-likeness (QED) is 0.759. The summed E-state index contributed by atoms with van der Waals surface area (Å²) in [4.78, 5) is 26.8. The Kier molecular flexibility index (Phi) is 4.74. The van der Waals surface area contributed by atoms with Gasteiger partial charge in [-0.15, -0.1) is 0 Å². The molecule has 0 saturated carbocycles. The highest BCUT2D eigenvalue weighted by molar-refractivity contribution is 6.02. The van der Waals surface area contributed by atoms with E-state index in [-0.39, 0.29) is 18.4 Å². The number of nitrogens with two attached hydrogens (primary N) is 1. The van der Waals surface area contributed by atoms with Crippen molar-refractivity contribution >= 4 is 23.2 Å². The number of nitrogen functional groups attached to an aromatic ring is 1. The number of rotatable bonds is 4. The van der Waals surface area contributed by atoms with Gasteiger partial charge in [-0.2, -0.15) is 0 Å². The van der Waals surface area contributed by atoms with Crippen LogP contribution in [0.2, 0.25) is 0 Å². The SMILES string of the molecule is CN(C)C(=O)CNC(=O)c1cc(N)ccc1N(C)C. The van der Waals surface area contributed by atoms with Gasteiger partial charge in [-0.3, -0.25) is 9.59 Å². The number of hydrogen-bond donors (Lipinski definition) is 2. The lowest BCUT2D eigenvalue weighted by Crippen LogP contribution is -2.36. The predicted octanol–water partition coefficient (Wildman–Crippen LogP) is 0.153. The zero-order chi connectivity index (χ0) is 14.6. The van der Waals surface area contributed by atoms with E-state index in [1.165, 1.54) is 4.90 Å². The molecule has 0 bridgehead atoms. The molecule has 1 aromatic carbocycles. The monoisotopic (exact) mass is 264 g/mol. The lowest BCUT2D eigenvalue weighted by atomic mass is 10.1. The average molecular weight is 264 g/mol. The van der Waals surface area contributed by atoms with Crippen molar-refractivity contribution in [3.63, 3.8) is 0 Å². The molecule has 3 N–H and O–H groups in total. The average Bonchev–Trinajstić information content (AvgIpc) is 2.34. The standard InChI is InChI=1S/C13H20N4O2/c1-16(2)11-6-5-9(14)7-10(11)13(19)15-8-12(18)17(3)4/h5-7H,8,14H2,1-4H3,(H,15,19). The molecule has 0 heterocycles. The Morgan fingerprint density at radius 2 is 1.84 bits per heavy atom. The Bertz CT molecular complexity index is 484. The van der Waals surface area contributed by atoms with Crippen molar-refractivity contribution in [1.82, 2.24) is 10.2 Å². The van der Waals surface area contributed by atoms with Gasteiger partial charge in [0.2, 0.25) is 5.91 Å². The number of nitrogens with one attached hydrogen (secondary N) is 1. The van der Waals surface area contributed by atoms with Crippen LogP contribution in [0.15, 0.2) is 18.2 Å². The molecular weight excluding hydrogens is 244 g/mol. The minimum absolute atomic E-state index is 0.0342. The van der Waals surface area contributed by atoms with Crippen LogP contribution in [0.1, 0.15) is 10.4 Å². The van der Waals surface area contributed by atoms with Crippen LogP contribution in [0.4, 0.5) is 11.4 Å². The fourth-order valence-corrected chi connectivity index (χ4v) is 1.53. The first-order valence-corrected chi connectivity index (χ1v) is 5.88. The van der Waals surface area contributed by atoms with E-state index < -0.39 is 0 Å². The number of benzene rings is 1. The van der Waals surface area contributed by atoms with Gasteiger partial charge in [0.15, 0.2) is 0 Å². The Morgan fingerprint density at radius 1 is 1.21 bits per heavy atom. The lowest BCUT2D eigenvalue weighted by molar-refractivity contribution is -0.127. The summed E-state index contributed by atoms with van der Waals surface area (Å²) in [5, 5.41) is 2.59. The maximum atomic E-state index is 12.1. The molecule has 0 fully saturated rings. The van der Waals surface area contributed by atoms with Gasteiger partial charge < -0.3 is 20.9 Å². The molecule has 0 saturated heterocycles. The third kappa shape index (κ3) is 3.87. The van der Waals surface area contributed by atoms with E-state index in [0.717, 1.165) is 5.69 Å². The third-order valence-electron chi connectivity index (χ3n) is 2.65. The molecule has 0 aromatic heterocycles. The Hall–Kier alpha value is -2.24. The number of carbonyl (C=O) groups is 2. The van der Waals surface area contributed by atoms with Crippen molar-refractivity contribution in [2.75, 3.05) is 45.4 Å². The van der Waals surface area contributed by atoms with E-state index in [9.17, 15) is 9.59 Å². The summed E-state index contributed by atoms with van der Waals surface area (Å²) in [5.41, 5.74) is 7.41. The molecule has 0 radical (unpaired) electrons. The van der Waals surface area contributed by atoms with Crippen LogP contribution in [0.3, 0.4) is 0 Å². The van der Waals surface area contributed by atoms with Crippen molar-refractivity contribution in [3.8, 4) is 0 Å². The summed E-state index contributed by atoms with van der Waals surface area (Å²) in [5.74, 6) is -0.477. The number of nitrogens with zero attached hydrogens (tertiary/aromatic N) is 2. The van der Waals surface area contributed by atoms with E-state index in [1.54, 1.807) is 32.3 Å². The van der Waals surface area contributed by atoms with Crippen LogP contribution in [-0.4, -0.2) is 51.4 Å². The number of anilines is 2. The van der Waals surface area contributed by atoms with Crippen LogP contribution < -0.4 is 16.0 Å². The second kappa shape index (κ2) is 6.08. The summed E-state index contributed by atoms with van der Waals surface area (Å²) in [7, 11) is 6.96. The van der Waals surface area contributed by atoms with Gasteiger partial charge in [-0.25, -0.2) is 0 Å². The second-order valence-electron chi connectivity index (χ2n) is 4.64. The third-order valence-corrected chi connectivity index (χ3v) is 2.65. The van der Waals surface area contributed by atoms with E-state index in [4.69, 9.17) is 5.73 Å². The molecule has 1 rings (SSSR count). The van der Waals surface area contributed by atoms with E-state index in [2.05, 4.69) is 5.32 Å². The van der Waals surface area contributed by atoms with E-state index in [0.29, 0.717) is 11.3 Å². The highest BCUT2D eigenvalue weighted by atomic mass is 16.2. The molecule has 1 aromatic rings. The zero-order valence-electron chi connectivity index (χ0n) is 11.7. The largest absolute Gasteiger partial charge is 0.399 e. The van der Waals surface area contributed by atoms with Crippen molar-refractivity contribution in [1.29, 1.82) is 0 Å². The second-order valence-corrected chi connectivity index (χ2v) is 4.64. The predicted molar refractivity (Wildman–Crippen MR) is 76.2 cm³/mol. The Labute approximate surface area is 113 Å². The number of amides is 2. The van der Waals surface area contributed by atoms with E-state index in [1.807, 2.05) is 19.0 Å². The van der Waals surface area contributed by atoms with Gasteiger partial charge in [-0.05, 0) is 18.2 Å². The molecule has 0 atom stereocenters. The van der Waals surface area contributed by atoms with Gasteiger partial charge in [0.1, 0.15) is 0 Å². The minimum atomic E-state index is -0.314. The smallest absolute Gasteiger partial charge is 0.253 e. The summed E-state index contributed by atoms with van der Waals surface area (Å²) in [6.07, 6.45) is 0. The molecule has 0 aliphatic heterocycles. The highest BCUT2D eigenvalue weighted by Crippen LogP contribution is 2.21. The summed E-state index contributed by atoms with van der Waals surface area (Å²) in [6, 6.07) is 5.11. The number of carbonyl (C=O) groups excluding carboxylic acids is 2. The van der Waals surface area contributed by atoms with Crippen LogP contribution in [0, 0.1) is 0 Å². The van der Waals surface area contributed by atoms with Crippen molar-refractivity contribution in [2.45, 2.75) is 0 Å². The van der Waals surface area contributed by atoms with Crippen molar-refractivity contribution in [2.24, 2.45) is 0 Å². The van der Waals surface area contributed by atoms with Gasteiger partial charge in [0.05, 0.1) is 12.1 Å². The van der Waals surface area contributed by atoms with Gasteiger partial charge in [0.25, 0.3) is 5.91 Å². The highest BCUT2D eigenvalue weighted by Gasteiger charge is 2.14. The fourth-order valence-electron chi connectivity index (χ4n) is 1.53. The maximum absolute atomic E-state index is 12.1. The van der Waals surface area contributed by atoms with Crippen LogP contribution in [0.5, 0.6) is 0 Å². The molecule has 0 unspecified atom stereocenters. The maximum Gasteiger partial charge on any atom is 0.253 e. The van der Waals surface area contributed by atoms with Crippen LogP contribution >= 0.6 is 0 Å². The molecule has 19 heavy (non-hydrogen) atoms. The first kappa shape index (κ1) is 14.8. The first-order valence-electron chi connectivity index (χ1n) is 5.88. The van der Waals surface area contributed by atoms with Gasteiger partial charge in [-0.1, -0.05) is 0 Å². The summed E-state index contributed by atoms with van der Waals surface area (Å²) in [6.45, 7) is -0.0342. The normalized spacial score (nSPS) is 9.89. The molecule has 6 nitrogen and oxygen atoms in total. The van der Waals surface area contributed by atoms with Crippen LogP contribution in [0.25, 0.3) is 0 Å². The molecular formula is C13H20N4O2. The summed E-state index contributed by atoms with van der Waals surface area (Å²) < 4.78 is 0. The molecule has 0 aliphatic rings. The Morgan fingerprint density at radius 3 is 2.37 bits per heavy atom. The van der Waals surface area contributed by atoms with E-state index >= 15 is 0 Å².